The van der Waals surface area contributed by atoms with Gasteiger partial charge in [0.2, 0.25) is 17.8 Å². The number of halogens is 2. The number of nitrogens with one attached hydrogen (secondary N) is 3. The molecule has 2 aromatic carbocycles. The van der Waals surface area contributed by atoms with Gasteiger partial charge in [0, 0.05) is 11.1 Å². The van der Waals surface area contributed by atoms with Gasteiger partial charge in [0.25, 0.3) is 0 Å². The Hall–Kier alpha value is -3.62. The number of carbonyl (C=O) groups is 2. The van der Waals surface area contributed by atoms with Crippen molar-refractivity contribution in [3.8, 4) is 0 Å². The number of hydrogen-bond acceptors (Lipinski definition) is 4. The molecule has 0 aliphatic heterocycles. The van der Waals surface area contributed by atoms with Crippen LogP contribution in [0.3, 0.4) is 0 Å². The molecule has 9 heteroatoms. The zero-order valence-corrected chi connectivity index (χ0v) is 18.3. The lowest BCUT2D eigenvalue weighted by molar-refractivity contribution is -0.126. The van der Waals surface area contributed by atoms with Crippen molar-refractivity contribution in [3.63, 3.8) is 0 Å². The second-order valence-electron chi connectivity index (χ2n) is 8.45. The van der Waals surface area contributed by atoms with E-state index in [1.54, 1.807) is 64.1 Å². The monoisotopic (exact) mass is 441 g/mol. The Kier molecular flexibility index (Phi) is 6.38. The number of amides is 2. The second-order valence-corrected chi connectivity index (χ2v) is 8.45. The lowest BCUT2D eigenvalue weighted by atomic mass is 9.83. The molecule has 7 nitrogen and oxygen atoms in total. The van der Waals surface area contributed by atoms with Crippen LogP contribution in [0.4, 0.5) is 14.7 Å². The minimum atomic E-state index is -1.16. The number of nitrogens with zero attached hydrogens (tertiary/aromatic N) is 2. The summed E-state index contributed by atoms with van der Waals surface area (Å²) in [6.45, 7) is 6.43. The van der Waals surface area contributed by atoms with Crippen molar-refractivity contribution in [1.29, 1.82) is 0 Å². The maximum atomic E-state index is 14.1. The third-order valence-electron chi connectivity index (χ3n) is 5.40. The highest BCUT2D eigenvalue weighted by Gasteiger charge is 2.34. The van der Waals surface area contributed by atoms with E-state index >= 15 is 0 Å². The number of anilines is 1. The highest BCUT2D eigenvalue weighted by atomic mass is 19.1. The molecule has 2 amide bonds. The average Bonchev–Trinajstić information content (AvgIpc) is 3.19. The first-order valence-electron chi connectivity index (χ1n) is 10.0. The normalized spacial score (nSPS) is 11.8. The van der Waals surface area contributed by atoms with Crippen molar-refractivity contribution in [2.45, 2.75) is 45.1 Å². The maximum Gasteiger partial charge on any atom is 0.248 e. The Morgan fingerprint density at radius 1 is 0.875 bits per heavy atom. The van der Waals surface area contributed by atoms with Crippen LogP contribution in [0.15, 0.2) is 48.5 Å². The Morgan fingerprint density at radius 2 is 1.38 bits per heavy atom. The standard InChI is InChI=1S/C23H25F2N5O2/c1-22(2,14-9-5-7-11-16(14)24)19(31)26-13-18-27-21(30-29-18)28-20(32)23(3,4)15-10-6-8-12-17(15)25/h5-12H,13H2,1-4H3,(H,26,31)(H2,27,28,29,30,32). The van der Waals surface area contributed by atoms with E-state index < -0.39 is 34.3 Å². The number of aromatic nitrogens is 3. The summed E-state index contributed by atoms with van der Waals surface area (Å²) in [5.41, 5.74) is -1.75. The Morgan fingerprint density at radius 3 is 1.91 bits per heavy atom. The van der Waals surface area contributed by atoms with Gasteiger partial charge < -0.3 is 5.32 Å². The first-order valence-corrected chi connectivity index (χ1v) is 10.0. The zero-order valence-electron chi connectivity index (χ0n) is 18.3. The summed E-state index contributed by atoms with van der Waals surface area (Å²) < 4.78 is 28.2. The zero-order chi connectivity index (χ0) is 23.5. The van der Waals surface area contributed by atoms with Crippen molar-refractivity contribution in [2.24, 2.45) is 0 Å². The van der Waals surface area contributed by atoms with Gasteiger partial charge in [-0.1, -0.05) is 36.4 Å². The van der Waals surface area contributed by atoms with Crippen LogP contribution in [0.25, 0.3) is 0 Å². The van der Waals surface area contributed by atoms with Gasteiger partial charge in [-0.05, 0) is 39.8 Å². The Bertz CT molecular complexity index is 1140. The number of H-pyrrole nitrogens is 1. The summed E-state index contributed by atoms with van der Waals surface area (Å²) in [7, 11) is 0. The lowest BCUT2D eigenvalue weighted by Gasteiger charge is -2.24. The number of benzene rings is 2. The van der Waals surface area contributed by atoms with Gasteiger partial charge in [0.15, 0.2) is 0 Å². The van der Waals surface area contributed by atoms with Crippen molar-refractivity contribution < 1.29 is 18.4 Å². The van der Waals surface area contributed by atoms with Gasteiger partial charge in [-0.25, -0.2) is 8.78 Å². The fraction of sp³-hybridized carbons (Fsp3) is 0.304. The molecule has 0 unspecified atom stereocenters. The Labute approximate surface area is 184 Å². The van der Waals surface area contributed by atoms with Crippen LogP contribution in [0.1, 0.15) is 44.6 Å². The number of carbonyl (C=O) groups excluding carboxylic acids is 2. The van der Waals surface area contributed by atoms with Crippen LogP contribution in [0.2, 0.25) is 0 Å². The van der Waals surface area contributed by atoms with E-state index in [2.05, 4.69) is 25.8 Å². The van der Waals surface area contributed by atoms with E-state index in [-0.39, 0.29) is 23.6 Å². The largest absolute Gasteiger partial charge is 0.348 e. The molecule has 0 saturated heterocycles. The molecule has 0 radical (unpaired) electrons. The molecule has 32 heavy (non-hydrogen) atoms. The minimum absolute atomic E-state index is 0.00275. The molecule has 0 spiro atoms. The second kappa shape index (κ2) is 8.86. The van der Waals surface area contributed by atoms with Crippen LogP contribution in [0, 0.1) is 11.6 Å². The number of hydrogen-bond donors (Lipinski definition) is 3. The van der Waals surface area contributed by atoms with Crippen LogP contribution in [0.5, 0.6) is 0 Å². The highest BCUT2D eigenvalue weighted by Crippen LogP contribution is 2.27. The molecular weight excluding hydrogens is 416 g/mol. The van der Waals surface area contributed by atoms with Crippen molar-refractivity contribution >= 4 is 17.8 Å². The molecule has 0 aliphatic carbocycles. The third-order valence-corrected chi connectivity index (χ3v) is 5.40. The molecule has 0 fully saturated rings. The van der Waals surface area contributed by atoms with E-state index in [4.69, 9.17) is 0 Å². The fourth-order valence-corrected chi connectivity index (χ4v) is 3.25. The van der Waals surface area contributed by atoms with E-state index in [1.807, 2.05) is 0 Å². The van der Waals surface area contributed by atoms with Gasteiger partial charge in [0.1, 0.15) is 17.5 Å². The summed E-state index contributed by atoms with van der Waals surface area (Å²) in [6.07, 6.45) is 0. The van der Waals surface area contributed by atoms with Crippen LogP contribution >= 0.6 is 0 Å². The quantitative estimate of drug-likeness (QED) is 0.522. The summed E-state index contributed by atoms with van der Waals surface area (Å²) >= 11 is 0. The van der Waals surface area contributed by atoms with Gasteiger partial charge in [-0.2, -0.15) is 4.98 Å². The molecule has 3 N–H and O–H groups in total. The molecule has 1 aromatic heterocycles. The molecule has 168 valence electrons. The SMILES string of the molecule is CC(C)(C(=O)NCc1nc(NC(=O)C(C)(C)c2ccccc2F)n[nH]1)c1ccccc1F. The molecule has 3 rings (SSSR count). The van der Waals surface area contributed by atoms with Crippen molar-refractivity contribution in [1.82, 2.24) is 20.5 Å². The van der Waals surface area contributed by atoms with Gasteiger partial charge >= 0.3 is 0 Å². The molecular formula is C23H25F2N5O2. The van der Waals surface area contributed by atoms with Gasteiger partial charge in [-0.15, -0.1) is 5.10 Å². The fourth-order valence-electron chi connectivity index (χ4n) is 3.25. The summed E-state index contributed by atoms with van der Waals surface area (Å²) in [4.78, 5) is 29.5. The molecule has 0 saturated carbocycles. The van der Waals surface area contributed by atoms with E-state index in [0.717, 1.165) is 0 Å². The highest BCUT2D eigenvalue weighted by molar-refractivity contribution is 5.97. The lowest BCUT2D eigenvalue weighted by Crippen LogP contribution is -2.40. The predicted octanol–water partition coefficient (Wildman–Crippen LogP) is 3.59. The summed E-state index contributed by atoms with van der Waals surface area (Å²) in [6, 6.07) is 12.1. The van der Waals surface area contributed by atoms with Gasteiger partial charge in [0.05, 0.1) is 17.4 Å². The molecule has 0 bridgehead atoms. The molecule has 3 aromatic rings. The van der Waals surface area contributed by atoms with Gasteiger partial charge in [-0.3, -0.25) is 20.0 Å². The third kappa shape index (κ3) is 4.66. The van der Waals surface area contributed by atoms with Crippen LogP contribution in [-0.4, -0.2) is 27.0 Å². The topological polar surface area (TPSA) is 99.8 Å². The summed E-state index contributed by atoms with van der Waals surface area (Å²) in [5.74, 6) is -1.54. The number of aromatic amines is 1. The Balaban J connectivity index is 1.64. The first-order chi connectivity index (χ1) is 15.0. The van der Waals surface area contributed by atoms with Crippen molar-refractivity contribution in [2.75, 3.05) is 5.32 Å². The smallest absolute Gasteiger partial charge is 0.248 e. The molecule has 0 atom stereocenters. The minimum Gasteiger partial charge on any atom is -0.348 e. The molecule has 1 heterocycles. The predicted molar refractivity (Wildman–Crippen MR) is 116 cm³/mol. The van der Waals surface area contributed by atoms with E-state index in [0.29, 0.717) is 5.82 Å². The number of rotatable bonds is 7. The maximum absolute atomic E-state index is 14.1. The summed E-state index contributed by atoms with van der Waals surface area (Å²) in [5, 5.41) is 11.8. The van der Waals surface area contributed by atoms with Crippen LogP contribution in [-0.2, 0) is 27.0 Å². The molecule has 0 aliphatic rings. The average molecular weight is 441 g/mol. The van der Waals surface area contributed by atoms with E-state index in [1.165, 1.54) is 12.1 Å². The van der Waals surface area contributed by atoms with E-state index in [9.17, 15) is 18.4 Å². The van der Waals surface area contributed by atoms with Crippen LogP contribution < -0.4 is 10.6 Å². The van der Waals surface area contributed by atoms with Crippen molar-refractivity contribution in [3.05, 3.63) is 77.1 Å². The first kappa shape index (κ1) is 23.1.